The molecule has 0 aliphatic rings. The molecule has 0 aromatic carbocycles. The highest BCUT2D eigenvalue weighted by atomic mass is 17.0. The largest absolute Gasteiger partial charge is 0.480 e. The minimum absolute atomic E-state index is 0.00548. The summed E-state index contributed by atoms with van der Waals surface area (Å²) in [6.07, 6.45) is 0.956. The second-order valence-corrected chi connectivity index (χ2v) is 4.40. The summed E-state index contributed by atoms with van der Waals surface area (Å²) in [4.78, 5) is 46.1. The third-order valence-electron chi connectivity index (χ3n) is 2.64. The first kappa shape index (κ1) is 21.4. The van der Waals surface area contributed by atoms with Crippen molar-refractivity contribution >= 4 is 18.5 Å². The first-order valence-electron chi connectivity index (χ1n) is 7.15. The molecular weight excluding hydrogens is 330 g/mol. The Bertz CT molecular complexity index is 405. The first-order valence-corrected chi connectivity index (χ1v) is 7.15. The van der Waals surface area contributed by atoms with Crippen LogP contribution in [0.4, 0.5) is 4.79 Å². The van der Waals surface area contributed by atoms with E-state index < -0.39 is 23.2 Å². The number of aliphatic carboxylic acids is 1. The number of carboxylic acid groups (broad SMARTS) is 1. The van der Waals surface area contributed by atoms with Crippen LogP contribution in [0.1, 0.15) is 19.3 Å². The molecular formula is C12H21N3O9. The lowest BCUT2D eigenvalue weighted by Gasteiger charge is -2.11. The third kappa shape index (κ3) is 13.1. The van der Waals surface area contributed by atoms with Crippen molar-refractivity contribution in [2.24, 2.45) is 0 Å². The predicted octanol–water partition coefficient (Wildman–Crippen LogP) is -0.693. The van der Waals surface area contributed by atoms with E-state index in [-0.39, 0.29) is 32.8 Å². The van der Waals surface area contributed by atoms with Gasteiger partial charge in [0.15, 0.2) is 0 Å². The zero-order chi connectivity index (χ0) is 18.2. The standard InChI is InChI=1S/C12H21N3O9/c16-9-14-10(11(17)18)3-1-2-4-13-12(19)23-7-5-22-6-8-24-15(20)21/h9-10H,1-8H2,(H,13,19)(H,14,16)(H,17,18). The van der Waals surface area contributed by atoms with Crippen LogP contribution in [-0.2, 0) is 23.9 Å². The molecule has 0 saturated carbocycles. The minimum Gasteiger partial charge on any atom is -0.480 e. The molecule has 0 aromatic heterocycles. The van der Waals surface area contributed by atoms with E-state index in [0.717, 1.165) is 0 Å². The van der Waals surface area contributed by atoms with Gasteiger partial charge < -0.3 is 30.1 Å². The van der Waals surface area contributed by atoms with Crippen LogP contribution in [-0.4, -0.2) is 67.7 Å². The molecule has 0 aromatic rings. The highest BCUT2D eigenvalue weighted by molar-refractivity contribution is 5.76. The Morgan fingerprint density at radius 1 is 1.21 bits per heavy atom. The van der Waals surface area contributed by atoms with Gasteiger partial charge in [0.25, 0.3) is 5.09 Å². The van der Waals surface area contributed by atoms with Crippen molar-refractivity contribution in [2.75, 3.05) is 33.0 Å². The van der Waals surface area contributed by atoms with Gasteiger partial charge in [0, 0.05) is 6.54 Å². The second kappa shape index (κ2) is 14.0. The fourth-order valence-electron chi connectivity index (χ4n) is 1.54. The van der Waals surface area contributed by atoms with Crippen LogP contribution < -0.4 is 10.6 Å². The topological polar surface area (TPSA) is 166 Å². The maximum Gasteiger partial charge on any atom is 0.407 e. The zero-order valence-electron chi connectivity index (χ0n) is 13.0. The van der Waals surface area contributed by atoms with Gasteiger partial charge in [-0.05, 0) is 19.3 Å². The van der Waals surface area contributed by atoms with Crippen LogP contribution in [0.25, 0.3) is 0 Å². The molecule has 1 atom stereocenters. The summed E-state index contributed by atoms with van der Waals surface area (Å²) in [5.41, 5.74) is 0. The second-order valence-electron chi connectivity index (χ2n) is 4.40. The van der Waals surface area contributed by atoms with Gasteiger partial charge in [-0.1, -0.05) is 0 Å². The lowest BCUT2D eigenvalue weighted by Crippen LogP contribution is -2.35. The van der Waals surface area contributed by atoms with E-state index in [9.17, 15) is 24.5 Å². The van der Waals surface area contributed by atoms with Gasteiger partial charge >= 0.3 is 12.1 Å². The molecule has 0 aliphatic heterocycles. The summed E-state index contributed by atoms with van der Waals surface area (Å²) in [5.74, 6) is -1.11. The molecule has 3 N–H and O–H groups in total. The molecule has 12 heteroatoms. The quantitative estimate of drug-likeness (QED) is 0.150. The van der Waals surface area contributed by atoms with Crippen LogP contribution in [0, 0.1) is 10.1 Å². The van der Waals surface area contributed by atoms with Crippen molar-refractivity contribution < 1.29 is 38.9 Å². The number of carbonyl (C=O) groups excluding carboxylic acids is 2. The number of carboxylic acids is 1. The van der Waals surface area contributed by atoms with Gasteiger partial charge in [-0.2, -0.15) is 0 Å². The monoisotopic (exact) mass is 351 g/mol. The van der Waals surface area contributed by atoms with E-state index in [1.807, 2.05) is 0 Å². The average molecular weight is 351 g/mol. The Hall–Kier alpha value is -2.63. The van der Waals surface area contributed by atoms with E-state index in [1.165, 1.54) is 0 Å². The van der Waals surface area contributed by atoms with E-state index in [0.29, 0.717) is 25.8 Å². The number of carbonyl (C=O) groups is 3. The summed E-state index contributed by atoms with van der Waals surface area (Å²) in [6, 6.07) is -0.939. The van der Waals surface area contributed by atoms with Crippen molar-refractivity contribution in [3.8, 4) is 0 Å². The normalized spacial score (nSPS) is 11.2. The van der Waals surface area contributed by atoms with Crippen molar-refractivity contribution in [1.29, 1.82) is 0 Å². The maximum absolute atomic E-state index is 11.3. The molecule has 0 aliphatic carbocycles. The SMILES string of the molecule is O=CNC(CCCCNC(=O)OCCOCCO[N+](=O)[O-])C(=O)O. The molecule has 0 rings (SSSR count). The maximum atomic E-state index is 11.3. The first-order chi connectivity index (χ1) is 11.5. The molecule has 2 amide bonds. The van der Waals surface area contributed by atoms with Gasteiger partial charge in [0.2, 0.25) is 6.41 Å². The Labute approximate surface area is 137 Å². The summed E-state index contributed by atoms with van der Waals surface area (Å²) in [5, 5.41) is 22.3. The van der Waals surface area contributed by atoms with Gasteiger partial charge in [0.05, 0.1) is 13.2 Å². The van der Waals surface area contributed by atoms with E-state index in [1.54, 1.807) is 0 Å². The number of amides is 2. The molecule has 0 bridgehead atoms. The zero-order valence-corrected chi connectivity index (χ0v) is 13.0. The van der Waals surface area contributed by atoms with Crippen molar-refractivity contribution in [3.63, 3.8) is 0 Å². The van der Waals surface area contributed by atoms with Gasteiger partial charge in [-0.3, -0.25) is 4.79 Å². The molecule has 0 spiro atoms. The molecule has 0 saturated heterocycles. The smallest absolute Gasteiger partial charge is 0.407 e. The number of nitrogens with zero attached hydrogens (tertiary/aromatic N) is 1. The number of unbranched alkanes of at least 4 members (excludes halogenated alkanes) is 1. The van der Waals surface area contributed by atoms with Crippen LogP contribution >= 0.6 is 0 Å². The third-order valence-corrected chi connectivity index (χ3v) is 2.64. The number of rotatable bonds is 15. The highest BCUT2D eigenvalue weighted by Crippen LogP contribution is 2.00. The van der Waals surface area contributed by atoms with E-state index in [2.05, 4.69) is 15.5 Å². The number of hydrogen-bond acceptors (Lipinski definition) is 8. The molecule has 138 valence electrons. The van der Waals surface area contributed by atoms with Crippen molar-refractivity contribution in [2.45, 2.75) is 25.3 Å². The van der Waals surface area contributed by atoms with E-state index in [4.69, 9.17) is 14.6 Å². The molecule has 0 fully saturated rings. The van der Waals surface area contributed by atoms with Gasteiger partial charge in [-0.15, -0.1) is 10.1 Å². The molecule has 12 nitrogen and oxygen atoms in total. The van der Waals surface area contributed by atoms with Crippen LogP contribution in [0.5, 0.6) is 0 Å². The van der Waals surface area contributed by atoms with Crippen molar-refractivity contribution in [3.05, 3.63) is 10.1 Å². The Morgan fingerprint density at radius 3 is 2.54 bits per heavy atom. The Balaban J connectivity index is 3.48. The predicted molar refractivity (Wildman–Crippen MR) is 77.6 cm³/mol. The molecule has 24 heavy (non-hydrogen) atoms. The summed E-state index contributed by atoms with van der Waals surface area (Å²) < 4.78 is 9.70. The number of hydrogen-bond donors (Lipinski definition) is 3. The molecule has 1 unspecified atom stereocenters. The molecule has 0 heterocycles. The Kier molecular flexibility index (Phi) is 12.5. The average Bonchev–Trinajstić information content (AvgIpc) is 2.52. The van der Waals surface area contributed by atoms with Crippen LogP contribution in [0.2, 0.25) is 0 Å². The number of ether oxygens (including phenoxy) is 2. The van der Waals surface area contributed by atoms with Gasteiger partial charge in [0.1, 0.15) is 19.3 Å². The lowest BCUT2D eigenvalue weighted by molar-refractivity contribution is -0.758. The number of nitrogens with one attached hydrogen (secondary N) is 2. The minimum atomic E-state index is -1.11. The van der Waals surface area contributed by atoms with Crippen LogP contribution in [0.15, 0.2) is 0 Å². The fourth-order valence-corrected chi connectivity index (χ4v) is 1.54. The number of alkyl carbamates (subject to hydrolysis) is 1. The van der Waals surface area contributed by atoms with Crippen molar-refractivity contribution in [1.82, 2.24) is 10.6 Å². The fraction of sp³-hybridized carbons (Fsp3) is 0.750. The lowest BCUT2D eigenvalue weighted by atomic mass is 10.1. The molecule has 0 radical (unpaired) electrons. The van der Waals surface area contributed by atoms with Gasteiger partial charge in [-0.25, -0.2) is 9.59 Å². The highest BCUT2D eigenvalue weighted by Gasteiger charge is 2.15. The van der Waals surface area contributed by atoms with Crippen LogP contribution in [0.3, 0.4) is 0 Å². The Morgan fingerprint density at radius 2 is 1.92 bits per heavy atom. The summed E-state index contributed by atoms with van der Waals surface area (Å²) in [7, 11) is 0. The summed E-state index contributed by atoms with van der Waals surface area (Å²) >= 11 is 0. The summed E-state index contributed by atoms with van der Waals surface area (Å²) in [6.45, 7) is 0.158. The van der Waals surface area contributed by atoms with E-state index >= 15 is 0 Å².